The highest BCUT2D eigenvalue weighted by atomic mass is 79.9. The Bertz CT molecular complexity index is 674. The van der Waals surface area contributed by atoms with Crippen molar-refractivity contribution in [3.05, 3.63) is 41.0 Å². The summed E-state index contributed by atoms with van der Waals surface area (Å²) in [5.41, 5.74) is 2.40. The highest BCUT2D eigenvalue weighted by Crippen LogP contribution is 2.30. The maximum atomic E-state index is 12.0. The molecule has 0 aliphatic carbocycles. The molecule has 0 aromatic heterocycles. The van der Waals surface area contributed by atoms with E-state index in [1.807, 2.05) is 45.0 Å². The Morgan fingerprint density at radius 2 is 1.63 bits per heavy atom. The van der Waals surface area contributed by atoms with Crippen molar-refractivity contribution in [1.82, 2.24) is 10.2 Å². The minimum absolute atomic E-state index is 0.0167. The molecule has 6 heteroatoms. The van der Waals surface area contributed by atoms with E-state index in [-0.39, 0.29) is 5.91 Å². The van der Waals surface area contributed by atoms with Gasteiger partial charge in [0, 0.05) is 30.7 Å². The van der Waals surface area contributed by atoms with Gasteiger partial charge in [-0.3, -0.25) is 4.79 Å². The highest BCUT2D eigenvalue weighted by molar-refractivity contribution is 9.15. The summed E-state index contributed by atoms with van der Waals surface area (Å²) in [7, 11) is 3.48. The molecule has 0 saturated heterocycles. The number of ether oxygens (including phenoxy) is 1. The molecule has 5 nitrogen and oxygen atoms in total. The predicted octanol–water partition coefficient (Wildman–Crippen LogP) is 5.21. The number of carbonyl (C=O) groups is 2. The van der Waals surface area contributed by atoms with Gasteiger partial charge in [-0.1, -0.05) is 47.0 Å². The first kappa shape index (κ1) is 23.2. The molecule has 0 radical (unpaired) electrons. The number of rotatable bonds is 7. The van der Waals surface area contributed by atoms with Crippen LogP contribution in [0, 0.1) is 0 Å². The number of carbonyl (C=O) groups excluding carboxylic acids is 2. The molecular formula is C21H31BrN2O3. The molecule has 2 amide bonds. The zero-order valence-corrected chi connectivity index (χ0v) is 18.8. The van der Waals surface area contributed by atoms with E-state index in [4.69, 9.17) is 4.74 Å². The van der Waals surface area contributed by atoms with Crippen molar-refractivity contribution in [2.75, 3.05) is 20.6 Å². The Balaban J connectivity index is 2.82. The molecule has 1 N–H and O–H groups in total. The third-order valence-electron chi connectivity index (χ3n) is 3.75. The number of hydrogen-bond acceptors (Lipinski definition) is 3. The predicted molar refractivity (Wildman–Crippen MR) is 114 cm³/mol. The average molecular weight is 439 g/mol. The van der Waals surface area contributed by atoms with E-state index < -0.39 is 11.7 Å². The summed E-state index contributed by atoms with van der Waals surface area (Å²) in [6, 6.07) is 7.55. The van der Waals surface area contributed by atoms with Gasteiger partial charge in [-0.25, -0.2) is 4.79 Å². The van der Waals surface area contributed by atoms with Gasteiger partial charge in [0.2, 0.25) is 0 Å². The Hall–Kier alpha value is -1.82. The van der Waals surface area contributed by atoms with Crippen LogP contribution < -0.4 is 5.32 Å². The van der Waals surface area contributed by atoms with Gasteiger partial charge in [-0.15, -0.1) is 0 Å². The quantitative estimate of drug-likeness (QED) is 0.635. The van der Waals surface area contributed by atoms with Gasteiger partial charge in [0.1, 0.15) is 5.60 Å². The van der Waals surface area contributed by atoms with E-state index in [0.717, 1.165) is 29.3 Å². The van der Waals surface area contributed by atoms with Gasteiger partial charge in [-0.05, 0) is 51.3 Å². The zero-order chi connectivity index (χ0) is 20.6. The third-order valence-corrected chi connectivity index (χ3v) is 4.77. The van der Waals surface area contributed by atoms with Gasteiger partial charge in [0.05, 0.1) is 0 Å². The van der Waals surface area contributed by atoms with Crippen molar-refractivity contribution in [3.8, 4) is 0 Å². The number of nitrogens with one attached hydrogen (secondary N) is 1. The van der Waals surface area contributed by atoms with Crippen LogP contribution in [0.15, 0.2) is 29.8 Å². The molecule has 150 valence electrons. The molecule has 1 aromatic carbocycles. The topological polar surface area (TPSA) is 58.6 Å². The van der Waals surface area contributed by atoms with Crippen molar-refractivity contribution in [1.29, 1.82) is 0 Å². The molecule has 0 aliphatic heterocycles. The second kappa shape index (κ2) is 10.5. The largest absolute Gasteiger partial charge is 0.444 e. The van der Waals surface area contributed by atoms with Gasteiger partial charge in [-0.2, -0.15) is 0 Å². The number of hydrogen-bond donors (Lipinski definition) is 1. The van der Waals surface area contributed by atoms with Crippen LogP contribution in [-0.2, 0) is 4.74 Å². The average Bonchev–Trinajstić information content (AvgIpc) is 2.58. The van der Waals surface area contributed by atoms with Gasteiger partial charge >= 0.3 is 6.09 Å². The van der Waals surface area contributed by atoms with Gasteiger partial charge in [0.25, 0.3) is 5.91 Å². The minimum Gasteiger partial charge on any atom is -0.444 e. The molecular weight excluding hydrogens is 408 g/mol. The van der Waals surface area contributed by atoms with Crippen molar-refractivity contribution in [2.45, 2.75) is 52.6 Å². The van der Waals surface area contributed by atoms with Gasteiger partial charge in [0.15, 0.2) is 0 Å². The molecule has 0 saturated carbocycles. The molecule has 0 heterocycles. The fourth-order valence-corrected chi connectivity index (χ4v) is 3.16. The Labute approximate surface area is 171 Å². The van der Waals surface area contributed by atoms with Crippen LogP contribution in [0.4, 0.5) is 4.79 Å². The molecule has 0 atom stereocenters. The minimum atomic E-state index is -0.501. The van der Waals surface area contributed by atoms with Crippen LogP contribution in [0.1, 0.15) is 62.9 Å². The Kier molecular flexibility index (Phi) is 9.03. The first-order valence-electron chi connectivity index (χ1n) is 9.21. The Morgan fingerprint density at radius 1 is 1.07 bits per heavy atom. The highest BCUT2D eigenvalue weighted by Gasteiger charge is 2.16. The maximum absolute atomic E-state index is 12.0. The summed E-state index contributed by atoms with van der Waals surface area (Å²) in [5.74, 6) is -0.0167. The number of benzene rings is 1. The molecule has 0 unspecified atom stereocenters. The lowest BCUT2D eigenvalue weighted by molar-refractivity contribution is 0.0528. The molecule has 0 spiro atoms. The van der Waals surface area contributed by atoms with Crippen LogP contribution in [0.3, 0.4) is 0 Å². The SMILES string of the molecule is CCC/C(CCNC(=O)OC(C)(C)C)=C(/Br)c1ccc(C(=O)N(C)C)cc1. The van der Waals surface area contributed by atoms with E-state index in [0.29, 0.717) is 12.1 Å². The molecule has 0 fully saturated rings. The van der Waals surface area contributed by atoms with Crippen molar-refractivity contribution < 1.29 is 14.3 Å². The standard InChI is InChI=1S/C21H31BrN2O3/c1-7-8-15(13-14-23-20(26)27-21(2,3)4)18(22)16-9-11-17(12-10-16)19(25)24(5)6/h9-12H,7-8,13-14H2,1-6H3,(H,23,26)/b18-15-. The fraction of sp³-hybridized carbons (Fsp3) is 0.524. The molecule has 0 bridgehead atoms. The van der Waals surface area contributed by atoms with Gasteiger partial charge < -0.3 is 15.0 Å². The van der Waals surface area contributed by atoms with Crippen molar-refractivity contribution >= 4 is 32.4 Å². The Morgan fingerprint density at radius 3 is 2.11 bits per heavy atom. The summed E-state index contributed by atoms with van der Waals surface area (Å²) in [6.45, 7) is 8.17. The van der Waals surface area contributed by atoms with E-state index in [2.05, 4.69) is 28.2 Å². The molecule has 27 heavy (non-hydrogen) atoms. The second-order valence-electron chi connectivity index (χ2n) is 7.62. The monoisotopic (exact) mass is 438 g/mol. The van der Waals surface area contributed by atoms with Crippen LogP contribution in [0.25, 0.3) is 4.48 Å². The van der Waals surface area contributed by atoms with E-state index in [1.165, 1.54) is 5.57 Å². The van der Waals surface area contributed by atoms with Crippen LogP contribution >= 0.6 is 15.9 Å². The molecule has 0 aliphatic rings. The van der Waals surface area contributed by atoms with Crippen LogP contribution in [0.5, 0.6) is 0 Å². The lowest BCUT2D eigenvalue weighted by Crippen LogP contribution is -2.33. The smallest absolute Gasteiger partial charge is 0.407 e. The van der Waals surface area contributed by atoms with E-state index >= 15 is 0 Å². The van der Waals surface area contributed by atoms with Crippen molar-refractivity contribution in [3.63, 3.8) is 0 Å². The first-order chi connectivity index (χ1) is 12.5. The number of alkyl carbamates (subject to hydrolysis) is 1. The summed E-state index contributed by atoms with van der Waals surface area (Å²) < 4.78 is 6.28. The van der Waals surface area contributed by atoms with Crippen LogP contribution in [-0.4, -0.2) is 43.1 Å². The van der Waals surface area contributed by atoms with E-state index in [1.54, 1.807) is 19.0 Å². The molecule has 1 aromatic rings. The lowest BCUT2D eigenvalue weighted by Gasteiger charge is -2.20. The summed E-state index contributed by atoms with van der Waals surface area (Å²) in [4.78, 5) is 25.4. The van der Waals surface area contributed by atoms with E-state index in [9.17, 15) is 9.59 Å². The second-order valence-corrected chi connectivity index (χ2v) is 8.42. The molecule has 1 rings (SSSR count). The first-order valence-corrected chi connectivity index (χ1v) is 10.0. The summed E-state index contributed by atoms with van der Waals surface area (Å²) in [6.07, 6.45) is 2.26. The maximum Gasteiger partial charge on any atom is 0.407 e. The lowest BCUT2D eigenvalue weighted by atomic mass is 10.0. The van der Waals surface area contributed by atoms with Crippen molar-refractivity contribution in [2.24, 2.45) is 0 Å². The third kappa shape index (κ3) is 8.16. The summed E-state index contributed by atoms with van der Waals surface area (Å²) in [5, 5.41) is 2.80. The normalized spacial score (nSPS) is 12.3. The summed E-state index contributed by atoms with van der Waals surface area (Å²) >= 11 is 3.70. The number of halogens is 1. The fourth-order valence-electron chi connectivity index (χ4n) is 2.50. The van der Waals surface area contributed by atoms with Crippen LogP contribution in [0.2, 0.25) is 0 Å². The number of amides is 2. The zero-order valence-electron chi connectivity index (χ0n) is 17.2. The number of nitrogens with zero attached hydrogens (tertiary/aromatic N) is 1.